The number of nitrogens with one attached hydrogen (secondary N) is 1. The van der Waals surface area contributed by atoms with E-state index in [2.05, 4.69) is 26.2 Å². The van der Waals surface area contributed by atoms with Crippen molar-refractivity contribution in [1.82, 2.24) is 4.98 Å². The van der Waals surface area contributed by atoms with Crippen molar-refractivity contribution in [2.24, 2.45) is 0 Å². The molecule has 0 unspecified atom stereocenters. The van der Waals surface area contributed by atoms with Crippen molar-refractivity contribution in [1.29, 1.82) is 0 Å². The quantitative estimate of drug-likeness (QED) is 0.862. The third kappa shape index (κ3) is 2.97. The van der Waals surface area contributed by atoms with Crippen molar-refractivity contribution in [3.8, 4) is 0 Å². The van der Waals surface area contributed by atoms with Gasteiger partial charge in [-0.05, 0) is 45.8 Å². The molecule has 0 spiro atoms. The highest BCUT2D eigenvalue weighted by molar-refractivity contribution is 9.10. The van der Waals surface area contributed by atoms with Gasteiger partial charge < -0.3 is 5.32 Å². The molecule has 2 aromatic rings. The molecule has 2 rings (SSSR count). The van der Waals surface area contributed by atoms with Gasteiger partial charge >= 0.3 is 0 Å². The van der Waals surface area contributed by atoms with E-state index in [4.69, 9.17) is 11.6 Å². The normalized spacial score (nSPS) is 10.1. The van der Waals surface area contributed by atoms with Crippen LogP contribution < -0.4 is 5.32 Å². The minimum Gasteiger partial charge on any atom is -0.379 e. The minimum absolute atomic E-state index is 0.751. The molecule has 2 nitrogen and oxygen atoms in total. The molecule has 1 N–H and O–H groups in total. The van der Waals surface area contributed by atoms with Crippen molar-refractivity contribution >= 4 is 33.2 Å². The second kappa shape index (κ2) is 5.32. The fourth-order valence-corrected chi connectivity index (χ4v) is 1.83. The van der Waals surface area contributed by atoms with Crippen LogP contribution in [-0.4, -0.2) is 4.98 Å². The maximum absolute atomic E-state index is 5.82. The Hall–Kier alpha value is -1.06. The first-order valence-electron chi connectivity index (χ1n) is 4.84. The largest absolute Gasteiger partial charge is 0.379 e. The summed E-state index contributed by atoms with van der Waals surface area (Å²) in [6.45, 7) is 0.751. The van der Waals surface area contributed by atoms with Crippen molar-refractivity contribution in [3.05, 3.63) is 57.8 Å². The third-order valence-corrected chi connectivity index (χ3v) is 3.04. The van der Waals surface area contributed by atoms with Gasteiger partial charge in [-0.3, -0.25) is 0 Å². The van der Waals surface area contributed by atoms with Gasteiger partial charge in [-0.25, -0.2) is 4.98 Å². The molecule has 0 bridgehead atoms. The van der Waals surface area contributed by atoms with Gasteiger partial charge in [0, 0.05) is 17.8 Å². The second-order valence-electron chi connectivity index (χ2n) is 3.32. The summed E-state index contributed by atoms with van der Waals surface area (Å²) in [6.07, 6.45) is 1.75. The lowest BCUT2D eigenvalue weighted by Gasteiger charge is -2.07. The zero-order valence-electron chi connectivity index (χ0n) is 8.45. The van der Waals surface area contributed by atoms with Crippen molar-refractivity contribution in [2.75, 3.05) is 5.32 Å². The number of hydrogen-bond donors (Lipinski definition) is 1. The molecule has 0 amide bonds. The summed E-state index contributed by atoms with van der Waals surface area (Å²) in [5.74, 6) is 0. The number of rotatable bonds is 3. The van der Waals surface area contributed by atoms with Gasteiger partial charge in [0.1, 0.15) is 4.60 Å². The SMILES string of the molecule is Clc1ccc(CNc2cccnc2Br)cc1. The molecule has 0 radical (unpaired) electrons. The maximum atomic E-state index is 5.82. The predicted molar refractivity (Wildman–Crippen MR) is 70.7 cm³/mol. The van der Waals surface area contributed by atoms with Crippen LogP contribution in [0.4, 0.5) is 5.69 Å². The van der Waals surface area contributed by atoms with Crippen LogP contribution in [0.5, 0.6) is 0 Å². The lowest BCUT2D eigenvalue weighted by atomic mass is 10.2. The lowest BCUT2D eigenvalue weighted by Crippen LogP contribution is -2.00. The Morgan fingerprint density at radius 2 is 1.94 bits per heavy atom. The molecule has 82 valence electrons. The van der Waals surface area contributed by atoms with Crippen LogP contribution in [-0.2, 0) is 6.54 Å². The third-order valence-electron chi connectivity index (χ3n) is 2.16. The van der Waals surface area contributed by atoms with Gasteiger partial charge in [-0.2, -0.15) is 0 Å². The number of pyridine rings is 1. The molecule has 0 atom stereocenters. The summed E-state index contributed by atoms with van der Waals surface area (Å²) < 4.78 is 0.823. The molecule has 0 aliphatic heterocycles. The standard InChI is InChI=1S/C12H10BrClN2/c13-12-11(2-1-7-15-12)16-8-9-3-5-10(14)6-4-9/h1-7,16H,8H2. The van der Waals surface area contributed by atoms with E-state index in [1.807, 2.05) is 36.4 Å². The van der Waals surface area contributed by atoms with Crippen LogP contribution in [0, 0.1) is 0 Å². The number of halogens is 2. The second-order valence-corrected chi connectivity index (χ2v) is 4.51. The molecule has 0 saturated heterocycles. The van der Waals surface area contributed by atoms with E-state index in [-0.39, 0.29) is 0 Å². The summed E-state index contributed by atoms with van der Waals surface area (Å²) >= 11 is 9.20. The maximum Gasteiger partial charge on any atom is 0.129 e. The Balaban J connectivity index is 2.02. The monoisotopic (exact) mass is 296 g/mol. The highest BCUT2D eigenvalue weighted by atomic mass is 79.9. The van der Waals surface area contributed by atoms with Crippen LogP contribution in [0.15, 0.2) is 47.2 Å². The average Bonchev–Trinajstić information content (AvgIpc) is 2.30. The van der Waals surface area contributed by atoms with E-state index in [0.717, 1.165) is 21.9 Å². The predicted octanol–water partition coefficient (Wildman–Crippen LogP) is 4.11. The minimum atomic E-state index is 0.751. The molecule has 0 aliphatic carbocycles. The van der Waals surface area contributed by atoms with Gasteiger partial charge in [0.2, 0.25) is 0 Å². The molecule has 0 aliphatic rings. The van der Waals surface area contributed by atoms with Gasteiger partial charge in [-0.15, -0.1) is 0 Å². The first kappa shape index (κ1) is 11.4. The molecule has 4 heteroatoms. The van der Waals surface area contributed by atoms with E-state index in [1.165, 1.54) is 5.56 Å². The Bertz CT molecular complexity index is 471. The van der Waals surface area contributed by atoms with E-state index >= 15 is 0 Å². The van der Waals surface area contributed by atoms with Gasteiger partial charge in [-0.1, -0.05) is 23.7 Å². The van der Waals surface area contributed by atoms with Gasteiger partial charge in [0.15, 0.2) is 0 Å². The fraction of sp³-hybridized carbons (Fsp3) is 0.0833. The summed E-state index contributed by atoms with van der Waals surface area (Å²) in [4.78, 5) is 4.14. The Labute approximate surface area is 108 Å². The van der Waals surface area contributed by atoms with Crippen molar-refractivity contribution in [3.63, 3.8) is 0 Å². The van der Waals surface area contributed by atoms with Crippen molar-refractivity contribution in [2.45, 2.75) is 6.54 Å². The van der Waals surface area contributed by atoms with E-state index in [9.17, 15) is 0 Å². The molecule has 0 fully saturated rings. The van der Waals surface area contributed by atoms with Crippen LogP contribution in [0.25, 0.3) is 0 Å². The number of hydrogen-bond acceptors (Lipinski definition) is 2. The molecule has 16 heavy (non-hydrogen) atoms. The molecule has 0 saturated carbocycles. The molecule has 1 heterocycles. The first-order chi connectivity index (χ1) is 7.75. The zero-order valence-corrected chi connectivity index (χ0v) is 10.8. The topological polar surface area (TPSA) is 24.9 Å². The molecule has 1 aromatic carbocycles. The van der Waals surface area contributed by atoms with Crippen LogP contribution in [0.3, 0.4) is 0 Å². The van der Waals surface area contributed by atoms with E-state index in [0.29, 0.717) is 0 Å². The van der Waals surface area contributed by atoms with E-state index in [1.54, 1.807) is 6.20 Å². The van der Waals surface area contributed by atoms with E-state index < -0.39 is 0 Å². The highest BCUT2D eigenvalue weighted by Gasteiger charge is 1.99. The number of benzene rings is 1. The zero-order chi connectivity index (χ0) is 11.4. The van der Waals surface area contributed by atoms with Crippen LogP contribution >= 0.6 is 27.5 Å². The van der Waals surface area contributed by atoms with Crippen LogP contribution in [0.2, 0.25) is 5.02 Å². The molecular formula is C12H10BrClN2. The number of aromatic nitrogens is 1. The average molecular weight is 298 g/mol. The summed E-state index contributed by atoms with van der Waals surface area (Å²) in [7, 11) is 0. The van der Waals surface area contributed by atoms with Gasteiger partial charge in [0.05, 0.1) is 5.69 Å². The Morgan fingerprint density at radius 3 is 2.62 bits per heavy atom. The summed E-state index contributed by atoms with van der Waals surface area (Å²) in [6, 6.07) is 11.6. The Kier molecular flexibility index (Phi) is 3.80. The van der Waals surface area contributed by atoms with Gasteiger partial charge in [0.25, 0.3) is 0 Å². The highest BCUT2D eigenvalue weighted by Crippen LogP contribution is 2.19. The summed E-state index contributed by atoms with van der Waals surface area (Å²) in [5, 5.41) is 4.05. The first-order valence-corrected chi connectivity index (χ1v) is 6.01. The smallest absolute Gasteiger partial charge is 0.129 e. The lowest BCUT2D eigenvalue weighted by molar-refractivity contribution is 1.13. The molecule has 1 aromatic heterocycles. The summed E-state index contributed by atoms with van der Waals surface area (Å²) in [5.41, 5.74) is 2.16. The Morgan fingerprint density at radius 1 is 1.19 bits per heavy atom. The fourth-order valence-electron chi connectivity index (χ4n) is 1.32. The number of nitrogens with zero attached hydrogens (tertiary/aromatic N) is 1. The number of anilines is 1. The molecular weight excluding hydrogens is 288 g/mol. The van der Waals surface area contributed by atoms with Crippen molar-refractivity contribution < 1.29 is 0 Å². The van der Waals surface area contributed by atoms with Crippen LogP contribution in [0.1, 0.15) is 5.56 Å².